The number of benzene rings is 2. The first-order chi connectivity index (χ1) is 29.2. The van der Waals surface area contributed by atoms with E-state index in [0.717, 1.165) is 17.5 Å². The minimum atomic E-state index is -0.969. The highest BCUT2D eigenvalue weighted by molar-refractivity contribution is 5.95. The summed E-state index contributed by atoms with van der Waals surface area (Å²) in [4.78, 5) is 84.1. The second-order valence-electron chi connectivity index (χ2n) is 16.2. The topological polar surface area (TPSA) is 267 Å². The number of likely N-dealkylation sites (N-methyl/N-ethyl adjacent to an activating group) is 1. The Balaban J connectivity index is 2.19. The smallest absolute Gasteiger partial charge is 0.224 e. The second-order valence-corrected chi connectivity index (χ2v) is 16.2. The van der Waals surface area contributed by atoms with Crippen molar-refractivity contribution >= 4 is 40.9 Å². The fourth-order valence-corrected chi connectivity index (χ4v) is 7.08. The maximum atomic E-state index is 14.3. The molecule has 0 fully saturated rings. The van der Waals surface area contributed by atoms with Gasteiger partial charge in [0.05, 0.1) is 12.1 Å². The molecule has 0 aromatic heterocycles. The molecule has 2 aromatic carbocycles. The van der Waals surface area contributed by atoms with Crippen molar-refractivity contribution in [3.63, 3.8) is 0 Å². The summed E-state index contributed by atoms with van der Waals surface area (Å²) < 4.78 is 0. The Kier molecular flexibility index (Phi) is 25.9. The number of hydrogen-bond donors (Lipinski definition) is 8. The molecule has 0 aliphatic rings. The molecule has 0 heterocycles. The highest BCUT2D eigenvalue weighted by atomic mass is 16.2. The van der Waals surface area contributed by atoms with Gasteiger partial charge >= 0.3 is 0 Å². The Labute approximate surface area is 362 Å². The number of carbonyl (C=O) groups excluding carboxylic acids is 6. The zero-order valence-electron chi connectivity index (χ0n) is 36.7. The summed E-state index contributed by atoms with van der Waals surface area (Å²) in [6, 6.07) is 17.3. The minimum Gasteiger partial charge on any atom is -0.370 e. The van der Waals surface area contributed by atoms with Gasteiger partial charge in [0.1, 0.15) is 17.9 Å². The molecule has 338 valence electrons. The third kappa shape index (κ3) is 23.1. The summed E-state index contributed by atoms with van der Waals surface area (Å²) in [5.74, 6) is -2.42. The lowest BCUT2D eigenvalue weighted by molar-refractivity contribution is -0.134. The molecule has 61 heavy (non-hydrogen) atoms. The van der Waals surface area contributed by atoms with E-state index < -0.39 is 36.1 Å². The molecule has 12 N–H and O–H groups in total. The number of rotatable bonds is 34. The van der Waals surface area contributed by atoms with Gasteiger partial charge in [-0.05, 0) is 82.5 Å². The molecule has 2 aromatic rings. The van der Waals surface area contributed by atoms with Crippen LogP contribution in [0.15, 0.2) is 65.7 Å². The van der Waals surface area contributed by atoms with Crippen LogP contribution in [-0.4, -0.2) is 86.0 Å². The number of nitrogens with two attached hydrogens (primary N) is 4. The largest absolute Gasteiger partial charge is 0.370 e. The number of ketones is 4. The Bertz CT molecular complexity index is 1650. The molecule has 0 radical (unpaired) electrons. The molecule has 0 bridgehead atoms. The van der Waals surface area contributed by atoms with Gasteiger partial charge in [0.15, 0.2) is 17.5 Å². The third-order valence-corrected chi connectivity index (χ3v) is 10.7. The van der Waals surface area contributed by atoms with Crippen molar-refractivity contribution in [3.8, 4) is 0 Å². The average molecular weight is 848 g/mol. The fourth-order valence-electron chi connectivity index (χ4n) is 7.08. The minimum absolute atomic E-state index is 0.0250. The summed E-state index contributed by atoms with van der Waals surface area (Å²) in [7, 11) is 1.71. The lowest BCUT2D eigenvalue weighted by Gasteiger charge is -2.25. The van der Waals surface area contributed by atoms with Crippen molar-refractivity contribution < 1.29 is 28.8 Å². The molecule has 2 amide bonds. The Morgan fingerprint density at radius 2 is 1.23 bits per heavy atom. The van der Waals surface area contributed by atoms with E-state index in [1.807, 2.05) is 74.5 Å². The van der Waals surface area contributed by atoms with Crippen LogP contribution in [0.3, 0.4) is 0 Å². The molecule has 0 saturated carbocycles. The van der Waals surface area contributed by atoms with E-state index in [9.17, 15) is 28.8 Å². The number of nitrogens with zero attached hydrogens (tertiary/aromatic N) is 1. The van der Waals surface area contributed by atoms with E-state index in [0.29, 0.717) is 77.3 Å². The summed E-state index contributed by atoms with van der Waals surface area (Å²) in [5.41, 5.74) is 23.9. The predicted molar refractivity (Wildman–Crippen MR) is 241 cm³/mol. The Hall–Kier alpha value is -4.83. The molecule has 4 atom stereocenters. The van der Waals surface area contributed by atoms with Gasteiger partial charge in [-0.2, -0.15) is 0 Å². The van der Waals surface area contributed by atoms with Crippen LogP contribution in [0.25, 0.3) is 0 Å². The highest BCUT2D eigenvalue weighted by Crippen LogP contribution is 2.20. The molecule has 0 aliphatic heterocycles. The maximum Gasteiger partial charge on any atom is 0.224 e. The van der Waals surface area contributed by atoms with E-state index in [4.69, 9.17) is 22.9 Å². The number of Topliss-reactive ketones (excluding diaryl/α,β-unsaturated/α-hetero) is 4. The number of guanidine groups is 1. The normalized spacial score (nSPS) is 13.2. The van der Waals surface area contributed by atoms with E-state index >= 15 is 0 Å². The molecule has 0 aliphatic carbocycles. The number of unbranched alkanes of at least 4 members (excludes halogenated alkanes) is 2. The van der Waals surface area contributed by atoms with Crippen molar-refractivity contribution in [1.29, 1.82) is 0 Å². The molecular formula is C46H73N9O6. The van der Waals surface area contributed by atoms with Crippen molar-refractivity contribution in [1.82, 2.24) is 21.3 Å². The maximum absolute atomic E-state index is 14.3. The second kappa shape index (κ2) is 30.2. The van der Waals surface area contributed by atoms with Gasteiger partial charge < -0.3 is 38.9 Å². The van der Waals surface area contributed by atoms with Gasteiger partial charge in [-0.15, -0.1) is 0 Å². The van der Waals surface area contributed by atoms with Crippen LogP contribution in [0.5, 0.6) is 0 Å². The number of nitrogens with one attached hydrogen (secondary N) is 4. The van der Waals surface area contributed by atoms with E-state index in [1.165, 1.54) is 0 Å². The Morgan fingerprint density at radius 3 is 1.84 bits per heavy atom. The number of carbonyl (C=O) groups is 6. The number of amides is 2. The fraction of sp³-hybridized carbons (Fsp3) is 0.587. The van der Waals surface area contributed by atoms with Crippen LogP contribution >= 0.6 is 0 Å². The molecule has 15 heteroatoms. The third-order valence-electron chi connectivity index (χ3n) is 10.7. The molecule has 4 unspecified atom stereocenters. The summed E-state index contributed by atoms with van der Waals surface area (Å²) in [6.45, 7) is 4.90. The van der Waals surface area contributed by atoms with Crippen LogP contribution in [0.2, 0.25) is 0 Å². The zero-order chi connectivity index (χ0) is 45.0. The lowest BCUT2D eigenvalue weighted by atomic mass is 9.88. The monoisotopic (exact) mass is 848 g/mol. The molecular weight excluding hydrogens is 775 g/mol. The van der Waals surface area contributed by atoms with Crippen LogP contribution in [0.4, 0.5) is 0 Å². The predicted octanol–water partition coefficient (Wildman–Crippen LogP) is 2.96. The zero-order valence-corrected chi connectivity index (χ0v) is 36.7. The first-order valence-corrected chi connectivity index (χ1v) is 21.9. The molecule has 2 rings (SSSR count). The van der Waals surface area contributed by atoms with Crippen molar-refractivity contribution in [2.24, 2.45) is 45.7 Å². The van der Waals surface area contributed by atoms with Crippen LogP contribution < -0.4 is 44.2 Å². The molecule has 15 nitrogen and oxygen atoms in total. The van der Waals surface area contributed by atoms with Crippen molar-refractivity contribution in [2.75, 3.05) is 26.7 Å². The van der Waals surface area contributed by atoms with E-state index in [2.05, 4.69) is 26.3 Å². The van der Waals surface area contributed by atoms with Gasteiger partial charge in [0.2, 0.25) is 11.8 Å². The lowest BCUT2D eigenvalue weighted by Crippen LogP contribution is -2.48. The SMILES string of the molecule is CNC(CCCNC(N)N)C(=O)CC(Cc1ccccc1)C(=O)NC(Cc1ccccc1)C(=O)CC(CCCN=C(N)N)C(=O)NCCCCCC(=O)CCCC(=O)C(C)C. The van der Waals surface area contributed by atoms with Gasteiger partial charge in [0.25, 0.3) is 0 Å². The standard InChI is InChI=1S/C46H73N9O6/c1-32(2)40(57)24-13-22-37(56)21-11-6-12-25-52-43(60)35(20-14-26-53-45(47)48)30-42(59)39(29-34-18-9-5-10-19-34)55-44(61)36(28-33-16-7-4-8-17-33)31-41(58)38(51-3)23-15-27-54-46(49)50/h4-5,7-10,16-19,32,35-36,38-39,46,51,54H,6,11-15,20-31,49-50H2,1-3H3,(H,52,60)(H,55,61)(H4,47,48,53). The van der Waals surface area contributed by atoms with Gasteiger partial charge in [-0.3, -0.25) is 39.1 Å². The van der Waals surface area contributed by atoms with Gasteiger partial charge in [0, 0.05) is 62.9 Å². The first-order valence-electron chi connectivity index (χ1n) is 21.9. The van der Waals surface area contributed by atoms with Gasteiger partial charge in [-0.1, -0.05) is 80.9 Å². The highest BCUT2D eigenvalue weighted by Gasteiger charge is 2.32. The van der Waals surface area contributed by atoms with Crippen LogP contribution in [0.1, 0.15) is 108 Å². The van der Waals surface area contributed by atoms with E-state index in [1.54, 1.807) is 7.05 Å². The average Bonchev–Trinajstić information content (AvgIpc) is 3.22. The Morgan fingerprint density at radius 1 is 0.623 bits per heavy atom. The van der Waals surface area contributed by atoms with Crippen LogP contribution in [-0.2, 0) is 41.6 Å². The first kappa shape index (κ1) is 52.3. The van der Waals surface area contributed by atoms with Crippen LogP contribution in [0, 0.1) is 17.8 Å². The summed E-state index contributed by atoms with van der Waals surface area (Å²) in [5, 5.41) is 12.0. The number of aliphatic imine (C=N–C) groups is 1. The van der Waals surface area contributed by atoms with Gasteiger partial charge in [-0.25, -0.2) is 0 Å². The quantitative estimate of drug-likeness (QED) is 0.0219. The molecule has 0 saturated heterocycles. The number of hydrogen-bond acceptors (Lipinski definition) is 11. The van der Waals surface area contributed by atoms with Crippen molar-refractivity contribution in [3.05, 3.63) is 71.8 Å². The van der Waals surface area contributed by atoms with E-state index in [-0.39, 0.29) is 73.1 Å². The summed E-state index contributed by atoms with van der Waals surface area (Å²) >= 11 is 0. The molecule has 0 spiro atoms. The van der Waals surface area contributed by atoms with Crippen molar-refractivity contribution in [2.45, 2.75) is 129 Å². The summed E-state index contributed by atoms with van der Waals surface area (Å²) in [6.07, 6.45) is 5.45.